The normalized spacial score (nSPS) is 17.0. The molecule has 0 bridgehead atoms. The van der Waals surface area contributed by atoms with E-state index in [2.05, 4.69) is 13.8 Å². The number of amides is 4. The molecule has 0 aliphatic carbocycles. The second-order valence-corrected chi connectivity index (χ2v) is 4.61. The minimum absolute atomic E-state index is 0.376. The van der Waals surface area contributed by atoms with Crippen LogP contribution in [0.1, 0.15) is 46.0 Å². The molecule has 1 aliphatic rings. The number of hydrogen-bond acceptors (Lipinski definition) is 3. The van der Waals surface area contributed by atoms with Gasteiger partial charge in [-0.2, -0.15) is 4.90 Å². The van der Waals surface area contributed by atoms with Crippen molar-refractivity contribution in [1.82, 2.24) is 4.90 Å². The average Bonchev–Trinajstić information content (AvgIpc) is 2.59. The van der Waals surface area contributed by atoms with Gasteiger partial charge >= 0.3 is 6.03 Å². The fourth-order valence-electron chi connectivity index (χ4n) is 2.13. The van der Waals surface area contributed by atoms with E-state index in [9.17, 15) is 14.4 Å². The van der Waals surface area contributed by atoms with Crippen LogP contribution in [0.15, 0.2) is 11.6 Å². The molecule has 1 heterocycles. The lowest BCUT2D eigenvalue weighted by atomic mass is 9.92. The first-order valence-corrected chi connectivity index (χ1v) is 6.39. The van der Waals surface area contributed by atoms with Crippen molar-refractivity contribution >= 4 is 17.8 Å². The van der Waals surface area contributed by atoms with Crippen molar-refractivity contribution in [3.63, 3.8) is 0 Å². The summed E-state index contributed by atoms with van der Waals surface area (Å²) < 4.78 is 0. The van der Waals surface area contributed by atoms with E-state index in [1.807, 2.05) is 0 Å². The molecule has 5 heteroatoms. The van der Waals surface area contributed by atoms with Gasteiger partial charge in [0.25, 0.3) is 11.8 Å². The van der Waals surface area contributed by atoms with Crippen molar-refractivity contribution in [2.75, 3.05) is 0 Å². The van der Waals surface area contributed by atoms with Crippen LogP contribution in [0.25, 0.3) is 0 Å². The first-order chi connectivity index (χ1) is 8.51. The Morgan fingerprint density at radius 1 is 1.39 bits per heavy atom. The molecule has 4 amide bonds. The summed E-state index contributed by atoms with van der Waals surface area (Å²) in [6, 6.07) is -1.00. The van der Waals surface area contributed by atoms with E-state index in [1.165, 1.54) is 6.08 Å². The highest BCUT2D eigenvalue weighted by Crippen LogP contribution is 2.25. The van der Waals surface area contributed by atoms with Crippen molar-refractivity contribution < 1.29 is 14.4 Å². The fraction of sp³-hybridized carbons (Fsp3) is 0.615. The lowest BCUT2D eigenvalue weighted by Crippen LogP contribution is -2.41. The first-order valence-electron chi connectivity index (χ1n) is 6.39. The molecule has 2 N–H and O–H groups in total. The van der Waals surface area contributed by atoms with Crippen LogP contribution in [0.2, 0.25) is 0 Å². The van der Waals surface area contributed by atoms with Crippen LogP contribution in [0, 0.1) is 5.92 Å². The summed E-state index contributed by atoms with van der Waals surface area (Å²) in [6.07, 6.45) is 5.98. The summed E-state index contributed by atoms with van der Waals surface area (Å²) >= 11 is 0. The summed E-state index contributed by atoms with van der Waals surface area (Å²) in [4.78, 5) is 34.7. The topological polar surface area (TPSA) is 80.5 Å². The molecule has 1 atom stereocenters. The van der Waals surface area contributed by atoms with Crippen LogP contribution in [0.4, 0.5) is 4.79 Å². The third-order valence-corrected chi connectivity index (χ3v) is 3.27. The van der Waals surface area contributed by atoms with E-state index in [4.69, 9.17) is 5.73 Å². The van der Waals surface area contributed by atoms with Crippen LogP contribution in [-0.2, 0) is 9.59 Å². The molecule has 0 saturated heterocycles. The Kier molecular flexibility index (Phi) is 5.07. The van der Waals surface area contributed by atoms with Crippen LogP contribution in [0.5, 0.6) is 0 Å². The molecular weight excluding hydrogens is 232 g/mol. The first kappa shape index (κ1) is 14.4. The zero-order chi connectivity index (χ0) is 13.7. The maximum atomic E-state index is 11.8. The zero-order valence-corrected chi connectivity index (χ0v) is 10.9. The highest BCUT2D eigenvalue weighted by Gasteiger charge is 2.35. The van der Waals surface area contributed by atoms with Crippen LogP contribution in [0.3, 0.4) is 0 Å². The van der Waals surface area contributed by atoms with Crippen molar-refractivity contribution in [2.45, 2.75) is 46.0 Å². The molecule has 1 aliphatic heterocycles. The predicted molar refractivity (Wildman–Crippen MR) is 67.4 cm³/mol. The van der Waals surface area contributed by atoms with Gasteiger partial charge in [0.05, 0.1) is 0 Å². The Bertz CT molecular complexity index is 388. The van der Waals surface area contributed by atoms with Gasteiger partial charge in [-0.15, -0.1) is 0 Å². The average molecular weight is 252 g/mol. The molecule has 5 nitrogen and oxygen atoms in total. The minimum Gasteiger partial charge on any atom is -0.351 e. The summed E-state index contributed by atoms with van der Waals surface area (Å²) in [7, 11) is 0. The number of carbonyl (C=O) groups excluding carboxylic acids is 3. The van der Waals surface area contributed by atoms with Gasteiger partial charge in [0.1, 0.15) is 0 Å². The maximum absolute atomic E-state index is 11.8. The van der Waals surface area contributed by atoms with Gasteiger partial charge in [-0.25, -0.2) is 4.79 Å². The van der Waals surface area contributed by atoms with E-state index in [0.717, 1.165) is 25.7 Å². The Hall–Kier alpha value is -1.65. The second kappa shape index (κ2) is 6.33. The zero-order valence-electron chi connectivity index (χ0n) is 10.9. The molecule has 1 unspecified atom stereocenters. The van der Waals surface area contributed by atoms with Gasteiger partial charge in [0, 0.05) is 11.6 Å². The number of nitrogens with zero attached hydrogens (tertiary/aromatic N) is 1. The summed E-state index contributed by atoms with van der Waals surface area (Å²) in [5.41, 5.74) is 5.40. The Morgan fingerprint density at radius 3 is 2.50 bits per heavy atom. The Balaban J connectivity index is 2.68. The highest BCUT2D eigenvalue weighted by molar-refractivity contribution is 6.24. The van der Waals surface area contributed by atoms with Gasteiger partial charge in [0.2, 0.25) is 0 Å². The van der Waals surface area contributed by atoms with Crippen LogP contribution in [-0.4, -0.2) is 22.7 Å². The quantitative estimate of drug-likeness (QED) is 0.734. The molecule has 1 rings (SSSR count). The van der Waals surface area contributed by atoms with Gasteiger partial charge in [-0.1, -0.05) is 39.5 Å². The monoisotopic (exact) mass is 252 g/mol. The third kappa shape index (κ3) is 3.18. The number of primary amides is 1. The number of carbonyl (C=O) groups is 3. The largest absolute Gasteiger partial charge is 0.351 e. The van der Waals surface area contributed by atoms with Crippen molar-refractivity contribution in [3.05, 3.63) is 11.6 Å². The molecule has 0 saturated carbocycles. The SMILES string of the molecule is CCCCC(CC)CC1=CC(=O)N(C(N)=O)C1=O. The van der Waals surface area contributed by atoms with Crippen molar-refractivity contribution in [3.8, 4) is 0 Å². The van der Waals surface area contributed by atoms with E-state index in [-0.39, 0.29) is 0 Å². The van der Waals surface area contributed by atoms with Gasteiger partial charge in [-0.3, -0.25) is 9.59 Å². The number of nitrogens with two attached hydrogens (primary N) is 1. The lowest BCUT2D eigenvalue weighted by molar-refractivity contribution is -0.133. The van der Waals surface area contributed by atoms with Crippen LogP contribution < -0.4 is 5.73 Å². The number of rotatable bonds is 6. The lowest BCUT2D eigenvalue weighted by Gasteiger charge is -2.15. The summed E-state index contributed by atoms with van der Waals surface area (Å²) in [5, 5.41) is 0. The number of imide groups is 3. The highest BCUT2D eigenvalue weighted by atomic mass is 16.2. The van der Waals surface area contributed by atoms with Gasteiger partial charge in [0.15, 0.2) is 0 Å². The van der Waals surface area contributed by atoms with E-state index < -0.39 is 17.8 Å². The Labute approximate surface area is 107 Å². The Morgan fingerprint density at radius 2 is 2.06 bits per heavy atom. The standard InChI is InChI=1S/C13H20N2O3/c1-3-5-6-9(4-2)7-10-8-11(16)15(12(10)17)13(14)18/h8-9H,3-7H2,1-2H3,(H2,14,18). The number of hydrogen-bond donors (Lipinski definition) is 1. The van der Waals surface area contributed by atoms with Crippen molar-refractivity contribution in [1.29, 1.82) is 0 Å². The molecule has 0 fully saturated rings. The number of urea groups is 1. The van der Waals surface area contributed by atoms with Gasteiger partial charge in [-0.05, 0) is 12.3 Å². The van der Waals surface area contributed by atoms with Gasteiger partial charge < -0.3 is 5.73 Å². The molecule has 0 aromatic heterocycles. The van der Waals surface area contributed by atoms with Crippen LogP contribution >= 0.6 is 0 Å². The third-order valence-electron chi connectivity index (χ3n) is 3.27. The fourth-order valence-corrected chi connectivity index (χ4v) is 2.13. The summed E-state index contributed by atoms with van der Waals surface area (Å²) in [5.74, 6) is -0.795. The maximum Gasteiger partial charge on any atom is 0.328 e. The molecule has 0 radical (unpaired) electrons. The number of unbranched alkanes of at least 4 members (excludes halogenated alkanes) is 1. The van der Waals surface area contributed by atoms with E-state index in [0.29, 0.717) is 22.8 Å². The van der Waals surface area contributed by atoms with E-state index >= 15 is 0 Å². The smallest absolute Gasteiger partial charge is 0.328 e. The molecule has 100 valence electrons. The molecular formula is C13H20N2O3. The molecule has 18 heavy (non-hydrogen) atoms. The van der Waals surface area contributed by atoms with Crippen molar-refractivity contribution in [2.24, 2.45) is 11.7 Å². The second-order valence-electron chi connectivity index (χ2n) is 4.61. The minimum atomic E-state index is -1.00. The van der Waals surface area contributed by atoms with E-state index in [1.54, 1.807) is 0 Å². The molecule has 0 aromatic carbocycles. The molecule has 0 aromatic rings. The summed E-state index contributed by atoms with van der Waals surface area (Å²) in [6.45, 7) is 4.18. The molecule has 0 spiro atoms. The predicted octanol–water partition coefficient (Wildman–Crippen LogP) is 1.97.